The van der Waals surface area contributed by atoms with Crippen LogP contribution in [0.3, 0.4) is 0 Å². The predicted octanol–water partition coefficient (Wildman–Crippen LogP) is 4.17. The number of fused-ring (bicyclic) bond motifs is 1. The van der Waals surface area contributed by atoms with Crippen LogP contribution in [0.15, 0.2) is 66.7 Å². The number of nitrogens with zero attached hydrogens (tertiary/aromatic N) is 4. The lowest BCUT2D eigenvalue weighted by atomic mass is 9.98. The van der Waals surface area contributed by atoms with Crippen LogP contribution in [0, 0.1) is 5.82 Å². The summed E-state index contributed by atoms with van der Waals surface area (Å²) in [7, 11) is 0. The van der Waals surface area contributed by atoms with Gasteiger partial charge in [0.15, 0.2) is 0 Å². The molecule has 5 rings (SSSR count). The minimum atomic E-state index is -0.757. The fourth-order valence-corrected chi connectivity index (χ4v) is 5.55. The van der Waals surface area contributed by atoms with Crippen molar-refractivity contribution in [3.05, 3.63) is 83.7 Å². The van der Waals surface area contributed by atoms with E-state index in [0.717, 1.165) is 27.8 Å². The molecule has 0 saturated heterocycles. The molecule has 0 radical (unpaired) electrons. The second-order valence-electron chi connectivity index (χ2n) is 12.0. The highest BCUT2D eigenvalue weighted by atomic mass is 19.1. The number of nitrogens with one attached hydrogen (secondary N) is 3. The lowest BCUT2D eigenvalue weighted by molar-refractivity contribution is -0.128. The number of tetrazole rings is 1. The molecule has 0 bridgehead atoms. The van der Waals surface area contributed by atoms with Crippen LogP contribution in [0.1, 0.15) is 51.2 Å². The number of carbonyl (C=O) groups excluding carboxylic acids is 2. The third-order valence-corrected chi connectivity index (χ3v) is 7.82. The van der Waals surface area contributed by atoms with E-state index in [9.17, 15) is 19.1 Å². The van der Waals surface area contributed by atoms with Crippen molar-refractivity contribution in [3.8, 4) is 22.5 Å². The maximum absolute atomic E-state index is 14.3. The lowest BCUT2D eigenvalue weighted by Crippen LogP contribution is -2.51. The summed E-state index contributed by atoms with van der Waals surface area (Å²) < 4.78 is 14.3. The van der Waals surface area contributed by atoms with E-state index in [0.29, 0.717) is 37.3 Å². The van der Waals surface area contributed by atoms with Gasteiger partial charge in [0.1, 0.15) is 11.9 Å². The van der Waals surface area contributed by atoms with E-state index in [4.69, 9.17) is 0 Å². The van der Waals surface area contributed by atoms with E-state index >= 15 is 0 Å². The summed E-state index contributed by atoms with van der Waals surface area (Å²) in [4.78, 5) is 28.7. The summed E-state index contributed by atoms with van der Waals surface area (Å²) in [6.45, 7) is 6.37. The van der Waals surface area contributed by atoms with Crippen molar-refractivity contribution in [1.29, 1.82) is 0 Å². The number of aryl methyl sites for hydroxylation is 1. The molecule has 1 aromatic heterocycles. The molecule has 3 aromatic carbocycles. The van der Waals surface area contributed by atoms with Gasteiger partial charge in [0, 0.05) is 23.2 Å². The number of H-pyrrole nitrogens is 1. The fraction of sp³-hybridized carbons (Fsp3) is 0.364. The number of rotatable bonds is 11. The Bertz CT molecular complexity index is 1590. The summed E-state index contributed by atoms with van der Waals surface area (Å²) in [5.74, 6) is -0.362. The molecular weight excluding hydrogens is 561 g/mol. The monoisotopic (exact) mass is 599 g/mol. The van der Waals surface area contributed by atoms with Gasteiger partial charge in [-0.05, 0) is 92.2 Å². The number of benzene rings is 3. The Morgan fingerprint density at radius 2 is 1.89 bits per heavy atom. The lowest BCUT2D eigenvalue weighted by Gasteiger charge is -2.29. The SMILES string of the molecule is C[C@H](O)CCNC(C)(C)CC(=O)N[C@@H]1CCc2cc(F)ccc2N(Cc2ccc(-c3ccccc3-c3nn[nH]n3)cc2)C1=O. The average Bonchev–Trinajstić information content (AvgIpc) is 3.49. The van der Waals surface area contributed by atoms with Crippen LogP contribution in [0.4, 0.5) is 10.1 Å². The first kappa shape index (κ1) is 31.0. The van der Waals surface area contributed by atoms with Crippen molar-refractivity contribution in [2.24, 2.45) is 0 Å². The van der Waals surface area contributed by atoms with Gasteiger partial charge in [-0.2, -0.15) is 5.21 Å². The maximum atomic E-state index is 14.3. The number of amides is 2. The Hall–Kier alpha value is -4.48. The minimum absolute atomic E-state index is 0.158. The number of aromatic amines is 1. The molecule has 1 aliphatic rings. The van der Waals surface area contributed by atoms with E-state index in [1.165, 1.54) is 12.1 Å². The number of anilines is 1. The molecule has 10 nitrogen and oxygen atoms in total. The van der Waals surface area contributed by atoms with Crippen molar-refractivity contribution in [3.63, 3.8) is 0 Å². The highest BCUT2D eigenvalue weighted by molar-refractivity contribution is 6.00. The van der Waals surface area contributed by atoms with Crippen molar-refractivity contribution in [2.75, 3.05) is 11.4 Å². The van der Waals surface area contributed by atoms with Gasteiger partial charge < -0.3 is 20.6 Å². The van der Waals surface area contributed by atoms with Gasteiger partial charge in [0.2, 0.25) is 17.6 Å². The zero-order valence-electron chi connectivity index (χ0n) is 25.2. The fourth-order valence-electron chi connectivity index (χ4n) is 5.55. The van der Waals surface area contributed by atoms with Crippen LogP contribution in [0.2, 0.25) is 0 Å². The summed E-state index contributed by atoms with van der Waals surface area (Å²) >= 11 is 0. The highest BCUT2D eigenvalue weighted by Crippen LogP contribution is 2.32. The molecule has 0 spiro atoms. The number of aromatic nitrogens is 4. The molecule has 0 saturated carbocycles. The predicted molar refractivity (Wildman–Crippen MR) is 166 cm³/mol. The van der Waals surface area contributed by atoms with E-state index in [2.05, 4.69) is 31.3 Å². The first-order valence-electron chi connectivity index (χ1n) is 14.8. The largest absolute Gasteiger partial charge is 0.393 e. The Balaban J connectivity index is 1.34. The number of aliphatic hydroxyl groups excluding tert-OH is 1. The standard InChI is InChI=1S/C33H38FN7O3/c1-21(42)16-17-35-33(2,3)19-30(43)36-28-14-12-24-18-25(34)13-15-29(24)41(32(28)44)20-22-8-10-23(11-9-22)26-6-4-5-7-27(26)31-37-39-40-38-31/h4-11,13,15,18,21,28,35,42H,12,14,16-17,19-20H2,1-3H3,(H,36,43)(H,37,38,39,40)/t21-,28+/m0/s1. The summed E-state index contributed by atoms with van der Waals surface area (Å²) in [5.41, 5.74) is 4.45. The summed E-state index contributed by atoms with van der Waals surface area (Å²) in [6, 6.07) is 19.4. The molecule has 0 aliphatic carbocycles. The van der Waals surface area contributed by atoms with Crippen molar-refractivity contribution < 1.29 is 19.1 Å². The zero-order chi connectivity index (χ0) is 31.3. The van der Waals surface area contributed by atoms with Gasteiger partial charge in [0.25, 0.3) is 0 Å². The Labute approximate surface area is 256 Å². The average molecular weight is 600 g/mol. The van der Waals surface area contributed by atoms with Crippen LogP contribution < -0.4 is 15.5 Å². The van der Waals surface area contributed by atoms with Gasteiger partial charge in [0.05, 0.1) is 12.6 Å². The molecule has 230 valence electrons. The molecule has 4 N–H and O–H groups in total. The Kier molecular flexibility index (Phi) is 9.46. The number of halogens is 1. The summed E-state index contributed by atoms with van der Waals surface area (Å²) in [5, 5.41) is 30.2. The van der Waals surface area contributed by atoms with Crippen molar-refractivity contribution in [1.82, 2.24) is 31.3 Å². The Morgan fingerprint density at radius 1 is 1.14 bits per heavy atom. The first-order valence-corrected chi connectivity index (χ1v) is 14.8. The topological polar surface area (TPSA) is 136 Å². The minimum Gasteiger partial charge on any atom is -0.393 e. The van der Waals surface area contributed by atoms with Gasteiger partial charge in [-0.1, -0.05) is 48.5 Å². The molecule has 1 aliphatic heterocycles. The smallest absolute Gasteiger partial charge is 0.249 e. The molecular formula is C33H38FN7O3. The molecule has 0 fully saturated rings. The molecule has 0 unspecified atom stereocenters. The molecule has 2 heterocycles. The van der Waals surface area contributed by atoms with Crippen LogP contribution in [0.25, 0.3) is 22.5 Å². The van der Waals surface area contributed by atoms with Gasteiger partial charge >= 0.3 is 0 Å². The second-order valence-corrected chi connectivity index (χ2v) is 12.0. The van der Waals surface area contributed by atoms with Crippen LogP contribution in [-0.4, -0.2) is 61.8 Å². The van der Waals surface area contributed by atoms with Crippen molar-refractivity contribution >= 4 is 17.5 Å². The number of hydrogen-bond donors (Lipinski definition) is 4. The van der Waals surface area contributed by atoms with Gasteiger partial charge in [-0.3, -0.25) is 9.59 Å². The number of hydrogen-bond acceptors (Lipinski definition) is 7. The molecule has 2 atom stereocenters. The van der Waals surface area contributed by atoms with Gasteiger partial charge in [-0.15, -0.1) is 10.2 Å². The van der Waals surface area contributed by atoms with Gasteiger partial charge in [-0.25, -0.2) is 4.39 Å². The van der Waals surface area contributed by atoms with Crippen LogP contribution in [-0.2, 0) is 22.6 Å². The maximum Gasteiger partial charge on any atom is 0.249 e. The normalized spacial score (nSPS) is 15.9. The second kappa shape index (κ2) is 13.4. The van der Waals surface area contributed by atoms with Crippen molar-refractivity contribution in [2.45, 2.75) is 70.7 Å². The van der Waals surface area contributed by atoms with E-state index in [1.54, 1.807) is 17.9 Å². The summed E-state index contributed by atoms with van der Waals surface area (Å²) in [6.07, 6.45) is 1.10. The van der Waals surface area contributed by atoms with E-state index < -0.39 is 17.7 Å². The third kappa shape index (κ3) is 7.53. The molecule has 11 heteroatoms. The quantitative estimate of drug-likeness (QED) is 0.203. The third-order valence-electron chi connectivity index (χ3n) is 7.82. The number of aliphatic hydroxyl groups is 1. The first-order chi connectivity index (χ1) is 21.1. The molecule has 44 heavy (non-hydrogen) atoms. The van der Waals surface area contributed by atoms with Crippen LogP contribution >= 0.6 is 0 Å². The van der Waals surface area contributed by atoms with E-state index in [1.807, 2.05) is 62.4 Å². The molecule has 2 amide bonds. The number of carbonyl (C=O) groups is 2. The molecule has 4 aromatic rings. The van der Waals surface area contributed by atoms with Crippen LogP contribution in [0.5, 0.6) is 0 Å². The Morgan fingerprint density at radius 3 is 2.59 bits per heavy atom. The zero-order valence-corrected chi connectivity index (χ0v) is 25.2. The highest BCUT2D eigenvalue weighted by Gasteiger charge is 2.33. The van der Waals surface area contributed by atoms with E-state index in [-0.39, 0.29) is 30.6 Å².